The Bertz CT molecular complexity index is 1060. The molecule has 0 aliphatic carbocycles. The molecule has 4 aromatic rings. The van der Waals surface area contributed by atoms with Crippen LogP contribution in [0.3, 0.4) is 0 Å². The summed E-state index contributed by atoms with van der Waals surface area (Å²) in [7, 11) is 0. The van der Waals surface area contributed by atoms with Gasteiger partial charge < -0.3 is 0 Å². The maximum atomic E-state index is 6.22. The fourth-order valence-corrected chi connectivity index (χ4v) is 2.58. The lowest BCUT2D eigenvalue weighted by molar-refractivity contribution is 0.664. The van der Waals surface area contributed by atoms with Gasteiger partial charge in [0.05, 0.1) is 12.8 Å². The van der Waals surface area contributed by atoms with Crippen molar-refractivity contribution in [1.82, 2.24) is 29.9 Å². The number of aromatic nitrogens is 6. The number of hydrazone groups is 1. The quantitative estimate of drug-likeness (QED) is 0.432. The van der Waals surface area contributed by atoms with Crippen LogP contribution in [0.25, 0.3) is 11.2 Å². The molecule has 4 rings (SSSR count). The van der Waals surface area contributed by atoms with Crippen molar-refractivity contribution in [3.05, 3.63) is 71.3 Å². The van der Waals surface area contributed by atoms with Crippen molar-refractivity contribution >= 4 is 34.8 Å². The largest absolute Gasteiger partial charge is 0.264 e. The second-order valence-electron chi connectivity index (χ2n) is 5.39. The molecule has 0 atom stereocenters. The van der Waals surface area contributed by atoms with Crippen LogP contribution in [0.4, 0.5) is 5.82 Å². The zero-order chi connectivity index (χ0) is 17.8. The number of nitrogens with zero attached hydrogens (tertiary/aromatic N) is 7. The average Bonchev–Trinajstić information content (AvgIpc) is 3.08. The highest BCUT2D eigenvalue weighted by molar-refractivity contribution is 6.31. The normalized spacial score (nSPS) is 11.3. The molecule has 0 radical (unpaired) electrons. The molecular weight excluding hydrogens is 352 g/mol. The predicted octanol–water partition coefficient (Wildman–Crippen LogP) is 2.76. The Hall–Kier alpha value is -3.39. The van der Waals surface area contributed by atoms with Crippen LogP contribution < -0.4 is 5.43 Å². The summed E-state index contributed by atoms with van der Waals surface area (Å²) in [6, 6.07) is 11.3. The number of rotatable bonds is 5. The van der Waals surface area contributed by atoms with E-state index in [9.17, 15) is 0 Å². The summed E-state index contributed by atoms with van der Waals surface area (Å²) in [5, 5.41) is 13.2. The summed E-state index contributed by atoms with van der Waals surface area (Å²) < 4.78 is 1.67. The number of hydrogen-bond donors (Lipinski definition) is 1. The van der Waals surface area contributed by atoms with E-state index in [2.05, 4.69) is 35.8 Å². The monoisotopic (exact) mass is 364 g/mol. The third-order valence-corrected chi connectivity index (χ3v) is 4.02. The van der Waals surface area contributed by atoms with Crippen molar-refractivity contribution in [1.29, 1.82) is 0 Å². The van der Waals surface area contributed by atoms with E-state index in [1.165, 1.54) is 6.33 Å². The van der Waals surface area contributed by atoms with E-state index in [1.807, 2.05) is 36.4 Å². The zero-order valence-corrected chi connectivity index (χ0v) is 14.2. The highest BCUT2D eigenvalue weighted by Crippen LogP contribution is 2.20. The molecule has 3 heterocycles. The number of hydrogen-bond acceptors (Lipinski definition) is 7. The highest BCUT2D eigenvalue weighted by Gasteiger charge is 2.12. The smallest absolute Gasteiger partial charge is 0.184 e. The second-order valence-corrected chi connectivity index (χ2v) is 5.80. The lowest BCUT2D eigenvalue weighted by Crippen LogP contribution is -2.04. The molecule has 0 bridgehead atoms. The van der Waals surface area contributed by atoms with E-state index in [4.69, 9.17) is 11.6 Å². The first-order valence-electron chi connectivity index (χ1n) is 7.78. The van der Waals surface area contributed by atoms with E-state index >= 15 is 0 Å². The van der Waals surface area contributed by atoms with Crippen LogP contribution in [0.15, 0.2) is 60.2 Å². The third kappa shape index (κ3) is 3.35. The van der Waals surface area contributed by atoms with Crippen LogP contribution in [0, 0.1) is 0 Å². The molecule has 8 nitrogen and oxygen atoms in total. The molecule has 3 aromatic heterocycles. The topological polar surface area (TPSA) is 93.8 Å². The van der Waals surface area contributed by atoms with Crippen molar-refractivity contribution in [2.24, 2.45) is 5.10 Å². The number of anilines is 1. The maximum absolute atomic E-state index is 6.22. The number of fused-ring (bicyclic) bond motifs is 1. The molecule has 128 valence electrons. The molecule has 0 spiro atoms. The van der Waals surface area contributed by atoms with Gasteiger partial charge in [-0.15, -0.1) is 5.10 Å². The van der Waals surface area contributed by atoms with Gasteiger partial charge in [0.25, 0.3) is 0 Å². The van der Waals surface area contributed by atoms with Crippen molar-refractivity contribution < 1.29 is 0 Å². The molecule has 0 aliphatic rings. The van der Waals surface area contributed by atoms with Crippen molar-refractivity contribution in [3.63, 3.8) is 0 Å². The molecule has 26 heavy (non-hydrogen) atoms. The highest BCUT2D eigenvalue weighted by atomic mass is 35.5. The van der Waals surface area contributed by atoms with Crippen LogP contribution in [-0.2, 0) is 6.54 Å². The summed E-state index contributed by atoms with van der Waals surface area (Å²) in [6.45, 7) is 0.464. The van der Waals surface area contributed by atoms with Crippen LogP contribution in [0.1, 0.15) is 11.1 Å². The molecule has 0 fully saturated rings. The first kappa shape index (κ1) is 16.1. The van der Waals surface area contributed by atoms with Crippen LogP contribution in [-0.4, -0.2) is 36.2 Å². The molecule has 1 N–H and O–H groups in total. The second kappa shape index (κ2) is 7.24. The minimum atomic E-state index is 0.464. The molecule has 0 amide bonds. The summed E-state index contributed by atoms with van der Waals surface area (Å²) in [6.07, 6.45) is 6.50. The van der Waals surface area contributed by atoms with Gasteiger partial charge in [0, 0.05) is 23.0 Å². The van der Waals surface area contributed by atoms with E-state index in [0.29, 0.717) is 28.5 Å². The Balaban J connectivity index is 1.59. The number of pyridine rings is 1. The first-order valence-corrected chi connectivity index (χ1v) is 8.16. The van der Waals surface area contributed by atoms with E-state index in [0.717, 1.165) is 11.1 Å². The molecule has 0 saturated carbocycles. The molecule has 0 saturated heterocycles. The van der Waals surface area contributed by atoms with Gasteiger partial charge in [-0.2, -0.15) is 5.10 Å². The summed E-state index contributed by atoms with van der Waals surface area (Å²) >= 11 is 6.22. The lowest BCUT2D eigenvalue weighted by atomic mass is 10.2. The molecule has 0 unspecified atom stereocenters. The Morgan fingerprint density at radius 1 is 1.15 bits per heavy atom. The van der Waals surface area contributed by atoms with Gasteiger partial charge in [0.2, 0.25) is 0 Å². The van der Waals surface area contributed by atoms with Gasteiger partial charge in [-0.1, -0.05) is 41.1 Å². The summed E-state index contributed by atoms with van der Waals surface area (Å²) in [5.41, 5.74) is 5.80. The molecular formula is C17H13ClN8. The van der Waals surface area contributed by atoms with Gasteiger partial charge in [-0.25, -0.2) is 14.6 Å². The van der Waals surface area contributed by atoms with Gasteiger partial charge in [-0.3, -0.25) is 10.4 Å². The SMILES string of the molecule is Clc1ccccc1Cn1nnc2c(NN=Cc3cccnc3)ncnc21. The molecule has 0 aliphatic heterocycles. The average molecular weight is 365 g/mol. The van der Waals surface area contributed by atoms with Gasteiger partial charge >= 0.3 is 0 Å². The van der Waals surface area contributed by atoms with Gasteiger partial charge in [0.1, 0.15) is 6.33 Å². The minimum Gasteiger partial charge on any atom is -0.264 e. The minimum absolute atomic E-state index is 0.464. The standard InChI is InChI=1S/C17H13ClN8/c18-14-6-2-1-5-13(14)10-26-17-15(23-25-26)16(20-11-21-17)24-22-9-12-4-3-7-19-8-12/h1-9,11H,10H2,(H,20,21,24). The fourth-order valence-electron chi connectivity index (χ4n) is 2.39. The third-order valence-electron chi connectivity index (χ3n) is 3.65. The van der Waals surface area contributed by atoms with Crippen molar-refractivity contribution in [3.8, 4) is 0 Å². The van der Waals surface area contributed by atoms with Crippen LogP contribution >= 0.6 is 11.6 Å². The molecule has 9 heteroatoms. The molecule has 1 aromatic carbocycles. The maximum Gasteiger partial charge on any atom is 0.184 e. The van der Waals surface area contributed by atoms with Crippen LogP contribution in [0.5, 0.6) is 0 Å². The Labute approximate surface area is 153 Å². The van der Waals surface area contributed by atoms with Gasteiger partial charge in [-0.05, 0) is 17.7 Å². The van der Waals surface area contributed by atoms with E-state index in [-0.39, 0.29) is 0 Å². The van der Waals surface area contributed by atoms with Gasteiger partial charge in [0.15, 0.2) is 17.0 Å². The first-order chi connectivity index (χ1) is 12.8. The lowest BCUT2D eigenvalue weighted by Gasteiger charge is -2.04. The Morgan fingerprint density at radius 2 is 2.08 bits per heavy atom. The Kier molecular flexibility index (Phi) is 4.48. The Morgan fingerprint density at radius 3 is 2.92 bits per heavy atom. The summed E-state index contributed by atoms with van der Waals surface area (Å²) in [5.74, 6) is 0.473. The zero-order valence-electron chi connectivity index (χ0n) is 13.5. The van der Waals surface area contributed by atoms with E-state index in [1.54, 1.807) is 23.3 Å². The predicted molar refractivity (Wildman–Crippen MR) is 99.1 cm³/mol. The van der Waals surface area contributed by atoms with E-state index < -0.39 is 0 Å². The van der Waals surface area contributed by atoms with Crippen molar-refractivity contribution in [2.45, 2.75) is 6.54 Å². The fraction of sp³-hybridized carbons (Fsp3) is 0.0588. The van der Waals surface area contributed by atoms with Crippen LogP contribution in [0.2, 0.25) is 5.02 Å². The number of halogens is 1. The number of benzene rings is 1. The summed E-state index contributed by atoms with van der Waals surface area (Å²) in [4.78, 5) is 12.5. The van der Waals surface area contributed by atoms with Crippen molar-refractivity contribution in [2.75, 3.05) is 5.43 Å². The number of nitrogens with one attached hydrogen (secondary N) is 1.